The van der Waals surface area contributed by atoms with Crippen LogP contribution in [0.5, 0.6) is 5.75 Å². The molecule has 0 bridgehead atoms. The summed E-state index contributed by atoms with van der Waals surface area (Å²) >= 11 is 0. The Morgan fingerprint density at radius 2 is 1.93 bits per heavy atom. The van der Waals surface area contributed by atoms with Gasteiger partial charge in [-0.15, -0.1) is 0 Å². The second kappa shape index (κ2) is 13.8. The van der Waals surface area contributed by atoms with Crippen LogP contribution >= 0.6 is 0 Å². The van der Waals surface area contributed by atoms with E-state index in [1.54, 1.807) is 23.4 Å². The highest BCUT2D eigenvalue weighted by Crippen LogP contribution is 2.29. The zero-order valence-corrected chi connectivity index (χ0v) is 25.6. The molecule has 0 unspecified atom stereocenters. The van der Waals surface area contributed by atoms with Crippen LogP contribution in [0.15, 0.2) is 35.7 Å². The van der Waals surface area contributed by atoms with Crippen LogP contribution in [0.2, 0.25) is 0 Å². The largest absolute Gasteiger partial charge is 0.490 e. The number of aliphatic hydroxyl groups is 1. The Labute approximate surface area is 238 Å². The minimum absolute atomic E-state index is 0.0287. The van der Waals surface area contributed by atoms with Crippen LogP contribution in [0, 0.1) is 5.92 Å². The van der Waals surface area contributed by atoms with Gasteiger partial charge in [-0.05, 0) is 51.3 Å². The zero-order valence-electron chi connectivity index (χ0n) is 24.8. The maximum absolute atomic E-state index is 14.1. The van der Waals surface area contributed by atoms with E-state index in [0.717, 1.165) is 24.9 Å². The number of hydrogen-bond acceptors (Lipinski definition) is 8. The van der Waals surface area contributed by atoms with E-state index in [-0.39, 0.29) is 42.7 Å². The first-order valence-corrected chi connectivity index (χ1v) is 15.2. The first-order valence-electron chi connectivity index (χ1n) is 13.8. The molecule has 1 aromatic heterocycles. The van der Waals surface area contributed by atoms with E-state index < -0.39 is 22.2 Å². The fourth-order valence-electron chi connectivity index (χ4n) is 4.68. The van der Waals surface area contributed by atoms with E-state index >= 15 is 0 Å². The van der Waals surface area contributed by atoms with E-state index in [1.165, 1.54) is 23.9 Å². The average molecular weight is 580 g/mol. The van der Waals surface area contributed by atoms with Crippen LogP contribution < -0.4 is 9.64 Å². The predicted molar refractivity (Wildman–Crippen MR) is 154 cm³/mol. The number of benzene rings is 1. The molecule has 2 heterocycles. The molecule has 1 aliphatic rings. The van der Waals surface area contributed by atoms with Crippen molar-refractivity contribution in [3.8, 4) is 5.75 Å². The van der Waals surface area contributed by atoms with Crippen LogP contribution in [0.3, 0.4) is 0 Å². The lowest BCUT2D eigenvalue weighted by molar-refractivity contribution is -0.00835. The third-order valence-electron chi connectivity index (χ3n) is 7.34. The molecule has 40 heavy (non-hydrogen) atoms. The molecule has 1 N–H and O–H groups in total. The summed E-state index contributed by atoms with van der Waals surface area (Å²) in [5, 5.41) is 10.1. The number of rotatable bonds is 7. The number of amides is 1. The minimum Gasteiger partial charge on any atom is -0.490 e. The van der Waals surface area contributed by atoms with Gasteiger partial charge < -0.3 is 28.9 Å². The van der Waals surface area contributed by atoms with Crippen LogP contribution in [0.4, 0.5) is 5.69 Å². The van der Waals surface area contributed by atoms with Gasteiger partial charge in [0.15, 0.2) is 5.03 Å². The molecule has 1 aromatic carbocycles. The predicted octanol–water partition coefficient (Wildman–Crippen LogP) is 2.60. The summed E-state index contributed by atoms with van der Waals surface area (Å²) < 4.78 is 41.8. The number of carbonyl (C=O) groups excluding carboxylic acids is 1. The molecule has 1 amide bonds. The van der Waals surface area contributed by atoms with Gasteiger partial charge in [-0.1, -0.05) is 6.92 Å². The monoisotopic (exact) mass is 579 g/mol. The molecule has 0 spiro atoms. The summed E-state index contributed by atoms with van der Waals surface area (Å²) in [5.41, 5.74) is 1.28. The Hall–Kier alpha value is -2.67. The summed E-state index contributed by atoms with van der Waals surface area (Å²) in [5.74, 6) is 0.00380. The highest BCUT2D eigenvalue weighted by Gasteiger charge is 2.33. The van der Waals surface area contributed by atoms with Crippen LogP contribution in [0.1, 0.15) is 50.4 Å². The number of sulfonamides is 1. The number of likely N-dealkylation sites (N-methyl/N-ethyl adjacent to an activating group) is 1. The molecule has 1 aliphatic heterocycles. The fraction of sp³-hybridized carbons (Fsp3) is 0.643. The molecule has 0 saturated heterocycles. The lowest BCUT2D eigenvalue weighted by Crippen LogP contribution is -2.48. The van der Waals surface area contributed by atoms with Gasteiger partial charge in [0.1, 0.15) is 5.75 Å². The molecule has 0 aliphatic carbocycles. The van der Waals surface area contributed by atoms with Crippen LogP contribution in [-0.2, 0) is 21.8 Å². The van der Waals surface area contributed by atoms with E-state index in [2.05, 4.69) is 4.98 Å². The number of ether oxygens (including phenoxy) is 2. The van der Waals surface area contributed by atoms with Crippen molar-refractivity contribution >= 4 is 21.6 Å². The number of aromatic nitrogens is 2. The van der Waals surface area contributed by atoms with Crippen molar-refractivity contribution in [3.05, 3.63) is 36.3 Å². The first kappa shape index (κ1) is 31.9. The molecule has 2 aromatic rings. The number of imidazole rings is 1. The second-order valence-electron chi connectivity index (χ2n) is 11.0. The van der Waals surface area contributed by atoms with Gasteiger partial charge >= 0.3 is 0 Å². The lowest BCUT2D eigenvalue weighted by Gasteiger charge is -2.35. The van der Waals surface area contributed by atoms with Gasteiger partial charge in [0.2, 0.25) is 0 Å². The Balaban J connectivity index is 1.96. The number of nitrogens with zero attached hydrogens (tertiary/aromatic N) is 5. The Morgan fingerprint density at radius 1 is 1.20 bits per heavy atom. The summed E-state index contributed by atoms with van der Waals surface area (Å²) in [4.78, 5) is 21.6. The lowest BCUT2D eigenvalue weighted by atomic mass is 10.0. The second-order valence-corrected chi connectivity index (χ2v) is 13.0. The van der Waals surface area contributed by atoms with Gasteiger partial charge in [0.05, 0.1) is 36.7 Å². The topological polar surface area (TPSA) is 117 Å². The van der Waals surface area contributed by atoms with Crippen LogP contribution in [-0.4, -0.2) is 104 Å². The Bertz CT molecular complexity index is 1230. The molecule has 0 fully saturated rings. The third kappa shape index (κ3) is 7.74. The number of anilines is 1. The van der Waals surface area contributed by atoms with Gasteiger partial charge in [-0.2, -0.15) is 4.31 Å². The first-order chi connectivity index (χ1) is 18.8. The molecule has 4 atom stereocenters. The number of fused-ring (bicyclic) bond motifs is 1. The number of aryl methyl sites for hydroxylation is 1. The van der Waals surface area contributed by atoms with Crippen LogP contribution in [0.25, 0.3) is 0 Å². The molecule has 11 nitrogen and oxygen atoms in total. The normalized spacial score (nSPS) is 22.4. The van der Waals surface area contributed by atoms with E-state index in [1.807, 2.05) is 51.0 Å². The average Bonchev–Trinajstić information content (AvgIpc) is 3.36. The van der Waals surface area contributed by atoms with Crippen molar-refractivity contribution in [1.82, 2.24) is 18.8 Å². The third-order valence-corrected chi connectivity index (χ3v) is 9.05. The van der Waals surface area contributed by atoms with Gasteiger partial charge in [-0.25, -0.2) is 13.4 Å². The quantitative estimate of drug-likeness (QED) is 0.532. The molecule has 3 rings (SSSR count). The summed E-state index contributed by atoms with van der Waals surface area (Å²) in [7, 11) is 3.22. The molecular weight excluding hydrogens is 534 g/mol. The number of hydrogen-bond donors (Lipinski definition) is 1. The highest BCUT2D eigenvalue weighted by molar-refractivity contribution is 7.89. The fourth-order valence-corrected chi connectivity index (χ4v) is 5.83. The summed E-state index contributed by atoms with van der Waals surface area (Å²) in [6, 6.07) is 5.09. The van der Waals surface area contributed by atoms with E-state index in [4.69, 9.17) is 9.47 Å². The van der Waals surface area contributed by atoms with Gasteiger partial charge in [-0.3, -0.25) is 4.79 Å². The molecule has 12 heteroatoms. The number of aliphatic hydroxyl groups excluding tert-OH is 1. The highest BCUT2D eigenvalue weighted by atomic mass is 32.2. The van der Waals surface area contributed by atoms with Gasteiger partial charge in [0, 0.05) is 65.7 Å². The zero-order chi connectivity index (χ0) is 29.6. The van der Waals surface area contributed by atoms with Crippen molar-refractivity contribution in [2.75, 3.05) is 52.3 Å². The standard InChI is InChI=1S/C28H45N5O6S/c1-20-15-33(21(2)18-34)28(35)24-14-23(30(4)5)11-12-25(24)39-22(3)10-8-9-13-38-26(20)16-32(7)40(36,37)27-17-31(6)19-29-27/h11-12,14,17,19-22,26,34H,8-10,13,15-16,18H2,1-7H3/t20-,21-,22+,26-/m1/s1. The molecule has 0 saturated carbocycles. The van der Waals surface area contributed by atoms with Gasteiger partial charge in [0.25, 0.3) is 15.9 Å². The Morgan fingerprint density at radius 3 is 2.55 bits per heavy atom. The summed E-state index contributed by atoms with van der Waals surface area (Å²) in [6.45, 7) is 6.29. The van der Waals surface area contributed by atoms with Crippen molar-refractivity contribution < 1.29 is 27.8 Å². The van der Waals surface area contributed by atoms with Crippen molar-refractivity contribution in [1.29, 1.82) is 0 Å². The smallest absolute Gasteiger partial charge is 0.261 e. The van der Waals surface area contributed by atoms with Crippen molar-refractivity contribution in [2.24, 2.45) is 13.0 Å². The SMILES string of the molecule is C[C@@H]1CN([C@H](C)CO)C(=O)c2cc(N(C)C)ccc2O[C@@H](C)CCCCO[C@@H]1CN(C)S(=O)(=O)c1cn(C)cn1. The minimum atomic E-state index is -3.83. The van der Waals surface area contributed by atoms with Crippen molar-refractivity contribution in [2.45, 2.75) is 63.3 Å². The maximum atomic E-state index is 14.1. The van der Waals surface area contributed by atoms with Crippen molar-refractivity contribution in [3.63, 3.8) is 0 Å². The molecular formula is C28H45N5O6S. The molecule has 224 valence electrons. The molecule has 0 radical (unpaired) electrons. The van der Waals surface area contributed by atoms with E-state index in [9.17, 15) is 18.3 Å². The Kier molecular flexibility index (Phi) is 11.0. The summed E-state index contributed by atoms with van der Waals surface area (Å²) in [6.07, 6.45) is 4.73. The maximum Gasteiger partial charge on any atom is 0.261 e. The van der Waals surface area contributed by atoms with E-state index in [0.29, 0.717) is 17.9 Å². The number of carbonyl (C=O) groups is 1.